The molecule has 0 rings (SSSR count). The smallest absolute Gasteiger partial charge is 0.129 e. The Kier molecular flexibility index (Phi) is 11.4. The van der Waals surface area contributed by atoms with Crippen LogP contribution in [-0.4, -0.2) is 19.4 Å². The van der Waals surface area contributed by atoms with Crippen LogP contribution in [0.2, 0.25) is 0 Å². The molecule has 0 radical (unpaired) electrons. The molecule has 2 nitrogen and oxygen atoms in total. The van der Waals surface area contributed by atoms with Crippen molar-refractivity contribution in [3.05, 3.63) is 0 Å². The fourth-order valence-corrected chi connectivity index (χ4v) is 1.74. The molecule has 0 saturated carbocycles. The number of hydrogen-bond donors (Lipinski definition) is 1. The van der Waals surface area contributed by atoms with Crippen LogP contribution in [-0.2, 0) is 4.79 Å². The van der Waals surface area contributed by atoms with E-state index in [-0.39, 0.29) is 0 Å². The number of unbranched alkanes of at least 4 members (excludes halogenated alkanes) is 7. The van der Waals surface area contributed by atoms with Crippen molar-refractivity contribution in [3.63, 3.8) is 0 Å². The van der Waals surface area contributed by atoms with Crippen molar-refractivity contribution < 1.29 is 4.79 Å². The summed E-state index contributed by atoms with van der Waals surface area (Å²) in [6.07, 6.45) is 11.2. The topological polar surface area (TPSA) is 29.1 Å². The van der Waals surface area contributed by atoms with Gasteiger partial charge in [0.05, 0.1) is 0 Å². The maximum Gasteiger partial charge on any atom is 0.129 e. The van der Waals surface area contributed by atoms with Crippen LogP contribution in [0.15, 0.2) is 0 Å². The highest BCUT2D eigenvalue weighted by Gasteiger charge is 1.94. The Labute approximate surface area is 94.8 Å². The quantitative estimate of drug-likeness (QED) is 0.533. The van der Waals surface area contributed by atoms with E-state index in [2.05, 4.69) is 5.32 Å². The summed E-state index contributed by atoms with van der Waals surface area (Å²) in [7, 11) is 2.01. The van der Waals surface area contributed by atoms with Crippen LogP contribution < -0.4 is 5.32 Å². The van der Waals surface area contributed by atoms with Gasteiger partial charge in [0.1, 0.15) is 5.78 Å². The Hall–Kier alpha value is -0.370. The molecule has 0 aliphatic heterocycles. The van der Waals surface area contributed by atoms with E-state index in [0.717, 1.165) is 19.4 Å². The maximum atomic E-state index is 10.7. The zero-order valence-electron chi connectivity index (χ0n) is 10.5. The lowest BCUT2D eigenvalue weighted by atomic mass is 10.1. The van der Waals surface area contributed by atoms with Crippen molar-refractivity contribution in [1.29, 1.82) is 0 Å². The standard InChI is InChI=1S/C13H27NO/c1-13(15)11-9-7-5-3-4-6-8-10-12-14-2/h14H,3-12H2,1-2H3. The van der Waals surface area contributed by atoms with Crippen LogP contribution in [0.3, 0.4) is 0 Å². The van der Waals surface area contributed by atoms with E-state index >= 15 is 0 Å². The zero-order chi connectivity index (χ0) is 11.4. The molecule has 0 fully saturated rings. The maximum absolute atomic E-state index is 10.7. The van der Waals surface area contributed by atoms with Crippen LogP contribution in [0, 0.1) is 0 Å². The largest absolute Gasteiger partial charge is 0.320 e. The molecule has 0 saturated heterocycles. The fourth-order valence-electron chi connectivity index (χ4n) is 1.74. The Morgan fingerprint density at radius 3 is 1.80 bits per heavy atom. The van der Waals surface area contributed by atoms with E-state index in [1.165, 1.54) is 44.9 Å². The van der Waals surface area contributed by atoms with Crippen LogP contribution in [0.25, 0.3) is 0 Å². The van der Waals surface area contributed by atoms with E-state index in [9.17, 15) is 4.79 Å². The highest BCUT2D eigenvalue weighted by Crippen LogP contribution is 2.09. The Morgan fingerprint density at radius 2 is 1.33 bits per heavy atom. The van der Waals surface area contributed by atoms with Gasteiger partial charge in [0.15, 0.2) is 0 Å². The second kappa shape index (κ2) is 11.7. The van der Waals surface area contributed by atoms with Gasteiger partial charge >= 0.3 is 0 Å². The molecule has 15 heavy (non-hydrogen) atoms. The van der Waals surface area contributed by atoms with E-state index in [1.807, 2.05) is 7.05 Å². The number of carbonyl (C=O) groups is 1. The predicted molar refractivity (Wildman–Crippen MR) is 66.2 cm³/mol. The third kappa shape index (κ3) is 13.6. The van der Waals surface area contributed by atoms with Gasteiger partial charge in [-0.05, 0) is 33.4 Å². The third-order valence-electron chi connectivity index (χ3n) is 2.71. The van der Waals surface area contributed by atoms with Crippen molar-refractivity contribution in [1.82, 2.24) is 5.32 Å². The van der Waals surface area contributed by atoms with Crippen molar-refractivity contribution in [2.24, 2.45) is 0 Å². The average Bonchev–Trinajstić information content (AvgIpc) is 2.20. The minimum Gasteiger partial charge on any atom is -0.320 e. The molecule has 0 aliphatic carbocycles. The van der Waals surface area contributed by atoms with Crippen LogP contribution in [0.5, 0.6) is 0 Å². The van der Waals surface area contributed by atoms with E-state index in [0.29, 0.717) is 5.78 Å². The molecule has 0 aromatic carbocycles. The monoisotopic (exact) mass is 213 g/mol. The summed E-state index contributed by atoms with van der Waals surface area (Å²) in [6, 6.07) is 0. The summed E-state index contributed by atoms with van der Waals surface area (Å²) < 4.78 is 0. The summed E-state index contributed by atoms with van der Waals surface area (Å²) in [5, 5.41) is 3.17. The molecular formula is C13H27NO. The summed E-state index contributed by atoms with van der Waals surface area (Å²) >= 11 is 0. The molecule has 0 heterocycles. The highest BCUT2D eigenvalue weighted by molar-refractivity contribution is 5.75. The van der Waals surface area contributed by atoms with Crippen molar-refractivity contribution in [2.75, 3.05) is 13.6 Å². The minimum atomic E-state index is 0.335. The first-order chi connectivity index (χ1) is 7.27. The first kappa shape index (κ1) is 14.6. The molecule has 0 atom stereocenters. The molecule has 0 amide bonds. The fraction of sp³-hybridized carbons (Fsp3) is 0.923. The molecule has 0 aliphatic rings. The molecule has 2 heteroatoms. The van der Waals surface area contributed by atoms with E-state index < -0.39 is 0 Å². The van der Waals surface area contributed by atoms with Gasteiger partial charge < -0.3 is 10.1 Å². The first-order valence-corrected chi connectivity index (χ1v) is 6.41. The lowest BCUT2D eigenvalue weighted by Gasteiger charge is -2.01. The van der Waals surface area contributed by atoms with Gasteiger partial charge in [-0.25, -0.2) is 0 Å². The average molecular weight is 213 g/mol. The third-order valence-corrected chi connectivity index (χ3v) is 2.71. The molecule has 0 bridgehead atoms. The predicted octanol–water partition coefficient (Wildman–Crippen LogP) is 3.31. The summed E-state index contributed by atoms with van der Waals surface area (Å²) in [6.45, 7) is 2.83. The summed E-state index contributed by atoms with van der Waals surface area (Å²) in [4.78, 5) is 10.7. The SMILES string of the molecule is CNCCCCCCCCCCC(C)=O. The van der Waals surface area contributed by atoms with Gasteiger partial charge in [0.2, 0.25) is 0 Å². The molecule has 0 aromatic heterocycles. The molecule has 90 valence electrons. The second-order valence-corrected chi connectivity index (χ2v) is 4.38. The lowest BCUT2D eigenvalue weighted by Crippen LogP contribution is -2.06. The van der Waals surface area contributed by atoms with Gasteiger partial charge in [-0.15, -0.1) is 0 Å². The van der Waals surface area contributed by atoms with Gasteiger partial charge in [-0.1, -0.05) is 38.5 Å². The van der Waals surface area contributed by atoms with Crippen molar-refractivity contribution in [3.8, 4) is 0 Å². The van der Waals surface area contributed by atoms with Crippen molar-refractivity contribution >= 4 is 5.78 Å². The number of Topliss-reactive ketones (excluding diaryl/α,β-unsaturated/α-hetero) is 1. The molecular weight excluding hydrogens is 186 g/mol. The Morgan fingerprint density at radius 1 is 0.867 bits per heavy atom. The van der Waals surface area contributed by atoms with Crippen LogP contribution in [0.4, 0.5) is 0 Å². The number of rotatable bonds is 11. The summed E-state index contributed by atoms with van der Waals surface area (Å²) in [5.41, 5.74) is 0. The zero-order valence-corrected chi connectivity index (χ0v) is 10.5. The van der Waals surface area contributed by atoms with Gasteiger partial charge in [-0.2, -0.15) is 0 Å². The second-order valence-electron chi connectivity index (χ2n) is 4.38. The normalized spacial score (nSPS) is 10.5. The highest BCUT2D eigenvalue weighted by atomic mass is 16.1. The molecule has 0 aromatic rings. The lowest BCUT2D eigenvalue weighted by molar-refractivity contribution is -0.117. The van der Waals surface area contributed by atoms with E-state index in [4.69, 9.17) is 0 Å². The van der Waals surface area contributed by atoms with Crippen LogP contribution in [0.1, 0.15) is 64.7 Å². The van der Waals surface area contributed by atoms with Gasteiger partial charge in [-0.3, -0.25) is 0 Å². The number of carbonyl (C=O) groups excluding carboxylic acids is 1. The first-order valence-electron chi connectivity index (χ1n) is 6.41. The minimum absolute atomic E-state index is 0.335. The van der Waals surface area contributed by atoms with E-state index in [1.54, 1.807) is 6.92 Å². The summed E-state index contributed by atoms with van der Waals surface area (Å²) in [5.74, 6) is 0.335. The Balaban J connectivity index is 2.89. The number of hydrogen-bond acceptors (Lipinski definition) is 2. The number of ketones is 1. The van der Waals surface area contributed by atoms with Gasteiger partial charge in [0.25, 0.3) is 0 Å². The van der Waals surface area contributed by atoms with Crippen molar-refractivity contribution in [2.45, 2.75) is 64.7 Å². The molecule has 1 N–H and O–H groups in total. The molecule has 0 spiro atoms. The number of nitrogens with one attached hydrogen (secondary N) is 1. The molecule has 0 unspecified atom stereocenters. The van der Waals surface area contributed by atoms with Gasteiger partial charge in [0, 0.05) is 6.42 Å². The Bertz CT molecular complexity index is 145. The van der Waals surface area contributed by atoms with Crippen LogP contribution >= 0.6 is 0 Å².